The van der Waals surface area contributed by atoms with E-state index in [0.29, 0.717) is 12.6 Å². The Morgan fingerprint density at radius 2 is 1.37 bits per heavy atom. The molecule has 0 saturated carbocycles. The van der Waals surface area contributed by atoms with Crippen LogP contribution < -0.4 is 5.01 Å². The molecule has 30 heavy (non-hydrogen) atoms. The normalized spacial score (nSPS) is 13.6. The summed E-state index contributed by atoms with van der Waals surface area (Å²) < 4.78 is 5.81. The first-order valence-corrected chi connectivity index (χ1v) is 10.0. The number of nitrogens with zero attached hydrogens (tertiary/aromatic N) is 2. The molecular formula is C26H19N3O. The van der Waals surface area contributed by atoms with Crippen LogP contribution in [0.15, 0.2) is 102 Å². The van der Waals surface area contributed by atoms with Gasteiger partial charge in [-0.1, -0.05) is 60.7 Å². The van der Waals surface area contributed by atoms with Crippen LogP contribution in [0.2, 0.25) is 0 Å². The molecule has 1 N–H and O–H groups in total. The van der Waals surface area contributed by atoms with Crippen LogP contribution in [-0.4, -0.2) is 17.6 Å². The zero-order chi connectivity index (χ0) is 19.9. The van der Waals surface area contributed by atoms with Crippen molar-refractivity contribution >= 4 is 33.4 Å². The number of rotatable bonds is 3. The molecule has 4 heteroatoms. The maximum atomic E-state index is 5.81. The number of hydrazone groups is 1. The van der Waals surface area contributed by atoms with Gasteiger partial charge in [0.15, 0.2) is 6.73 Å². The molecule has 0 amide bonds. The van der Waals surface area contributed by atoms with Crippen molar-refractivity contribution in [2.24, 2.45) is 5.10 Å². The molecule has 0 saturated heterocycles. The van der Waals surface area contributed by atoms with Gasteiger partial charge < -0.3 is 9.72 Å². The fraction of sp³-hybridized carbons (Fsp3) is 0.0385. The van der Waals surface area contributed by atoms with Crippen molar-refractivity contribution in [3.05, 3.63) is 103 Å². The van der Waals surface area contributed by atoms with E-state index in [9.17, 15) is 0 Å². The second-order valence-electron chi connectivity index (χ2n) is 7.42. The lowest BCUT2D eigenvalue weighted by Crippen LogP contribution is -2.12. The summed E-state index contributed by atoms with van der Waals surface area (Å²) in [7, 11) is 0. The van der Waals surface area contributed by atoms with E-state index in [2.05, 4.69) is 76.8 Å². The molecule has 4 nitrogen and oxygen atoms in total. The third-order valence-electron chi connectivity index (χ3n) is 5.56. The van der Waals surface area contributed by atoms with Crippen molar-refractivity contribution in [2.45, 2.75) is 0 Å². The van der Waals surface area contributed by atoms with Gasteiger partial charge in [0.25, 0.3) is 0 Å². The third kappa shape index (κ3) is 2.81. The summed E-state index contributed by atoms with van der Waals surface area (Å²) in [6.45, 7) is 0.429. The van der Waals surface area contributed by atoms with Crippen LogP contribution in [0.4, 0.5) is 5.69 Å². The van der Waals surface area contributed by atoms with Gasteiger partial charge in [-0.05, 0) is 47.5 Å². The van der Waals surface area contributed by atoms with E-state index in [1.54, 1.807) is 0 Å². The van der Waals surface area contributed by atoms with Gasteiger partial charge in [0.2, 0.25) is 5.90 Å². The monoisotopic (exact) mass is 389 g/mol. The van der Waals surface area contributed by atoms with Crippen LogP contribution in [0.5, 0.6) is 0 Å². The Hall–Kier alpha value is -4.05. The Balaban J connectivity index is 1.30. The average Bonchev–Trinajstić information content (AvgIpc) is 3.44. The molecule has 5 aromatic rings. The number of H-pyrrole nitrogens is 1. The average molecular weight is 389 g/mol. The van der Waals surface area contributed by atoms with Gasteiger partial charge in [-0.3, -0.25) is 0 Å². The highest BCUT2D eigenvalue weighted by Crippen LogP contribution is 2.30. The third-order valence-corrected chi connectivity index (χ3v) is 5.56. The largest absolute Gasteiger partial charge is 0.453 e. The van der Waals surface area contributed by atoms with Crippen LogP contribution in [-0.2, 0) is 4.74 Å². The number of aromatic amines is 1. The van der Waals surface area contributed by atoms with Crippen LogP contribution in [0, 0.1) is 0 Å². The number of para-hydroxylation sites is 2. The molecule has 2 heterocycles. The van der Waals surface area contributed by atoms with Crippen LogP contribution >= 0.6 is 0 Å². The molecule has 0 radical (unpaired) electrons. The number of ether oxygens (including phenoxy) is 1. The predicted octanol–water partition coefficient (Wildman–Crippen LogP) is 6.14. The van der Waals surface area contributed by atoms with E-state index >= 15 is 0 Å². The minimum atomic E-state index is 0.429. The Morgan fingerprint density at radius 3 is 2.23 bits per heavy atom. The molecule has 0 aliphatic carbocycles. The van der Waals surface area contributed by atoms with E-state index in [-0.39, 0.29) is 0 Å². The number of hydrogen-bond donors (Lipinski definition) is 1. The molecule has 1 aliphatic heterocycles. The number of anilines is 1. The van der Waals surface area contributed by atoms with Gasteiger partial charge in [0, 0.05) is 27.4 Å². The highest BCUT2D eigenvalue weighted by molar-refractivity contribution is 6.08. The zero-order valence-electron chi connectivity index (χ0n) is 16.2. The highest BCUT2D eigenvalue weighted by Gasteiger charge is 2.18. The van der Waals surface area contributed by atoms with Crippen LogP contribution in [0.1, 0.15) is 5.56 Å². The molecule has 0 unspecified atom stereocenters. The quantitative estimate of drug-likeness (QED) is 0.402. The topological polar surface area (TPSA) is 40.6 Å². The second kappa shape index (κ2) is 6.78. The van der Waals surface area contributed by atoms with Gasteiger partial charge in [-0.25, -0.2) is 5.01 Å². The summed E-state index contributed by atoms with van der Waals surface area (Å²) in [5.74, 6) is 0.650. The van der Waals surface area contributed by atoms with E-state index in [4.69, 9.17) is 4.74 Å². The van der Waals surface area contributed by atoms with Gasteiger partial charge in [-0.15, -0.1) is 5.10 Å². The van der Waals surface area contributed by atoms with Crippen LogP contribution in [0.25, 0.3) is 32.9 Å². The zero-order valence-corrected chi connectivity index (χ0v) is 16.2. The summed E-state index contributed by atoms with van der Waals surface area (Å²) in [6, 6.07) is 33.4. The fourth-order valence-corrected chi connectivity index (χ4v) is 4.00. The van der Waals surface area contributed by atoms with E-state index in [1.807, 2.05) is 35.3 Å². The number of fused-ring (bicyclic) bond motifs is 3. The highest BCUT2D eigenvalue weighted by atomic mass is 16.5. The lowest BCUT2D eigenvalue weighted by molar-refractivity contribution is 0.338. The van der Waals surface area contributed by atoms with E-state index in [0.717, 1.165) is 22.3 Å². The Labute approximate surface area is 174 Å². The van der Waals surface area contributed by atoms with Crippen molar-refractivity contribution in [3.63, 3.8) is 0 Å². The number of benzene rings is 4. The number of aromatic nitrogens is 1. The first-order valence-electron chi connectivity index (χ1n) is 10.0. The molecule has 0 atom stereocenters. The summed E-state index contributed by atoms with van der Waals surface area (Å²) in [4.78, 5) is 3.52. The number of nitrogens with one attached hydrogen (secondary N) is 1. The standard InChI is InChI=1S/C26H19N3O/c1-2-6-21(7-3-1)29-17-30-26(28-29)19-12-10-18(11-13-19)20-14-15-23-22-8-4-5-9-24(22)27-25(23)16-20/h1-16,27H,17H2. The molecule has 1 aliphatic rings. The molecule has 144 valence electrons. The maximum Gasteiger partial charge on any atom is 0.240 e. The molecule has 0 spiro atoms. The van der Waals surface area contributed by atoms with Gasteiger partial charge in [0.05, 0.1) is 5.69 Å². The summed E-state index contributed by atoms with van der Waals surface area (Å²) in [5, 5.41) is 9.00. The molecule has 4 aromatic carbocycles. The Morgan fingerprint density at radius 1 is 0.667 bits per heavy atom. The summed E-state index contributed by atoms with van der Waals surface area (Å²) in [6.07, 6.45) is 0. The lowest BCUT2D eigenvalue weighted by Gasteiger charge is -2.09. The van der Waals surface area contributed by atoms with E-state index in [1.165, 1.54) is 21.9 Å². The van der Waals surface area contributed by atoms with Crippen molar-refractivity contribution in [2.75, 3.05) is 11.7 Å². The predicted molar refractivity (Wildman–Crippen MR) is 123 cm³/mol. The maximum absolute atomic E-state index is 5.81. The first-order chi connectivity index (χ1) is 14.8. The van der Waals surface area contributed by atoms with Crippen LogP contribution in [0.3, 0.4) is 0 Å². The smallest absolute Gasteiger partial charge is 0.240 e. The van der Waals surface area contributed by atoms with Crippen molar-refractivity contribution in [1.82, 2.24) is 4.98 Å². The molecule has 0 fully saturated rings. The van der Waals surface area contributed by atoms with Crippen molar-refractivity contribution < 1.29 is 4.74 Å². The van der Waals surface area contributed by atoms with Crippen molar-refractivity contribution in [1.29, 1.82) is 0 Å². The first kappa shape index (κ1) is 16.9. The lowest BCUT2D eigenvalue weighted by atomic mass is 10.0. The second-order valence-corrected chi connectivity index (χ2v) is 7.42. The fourth-order valence-electron chi connectivity index (χ4n) is 4.00. The van der Waals surface area contributed by atoms with Crippen molar-refractivity contribution in [3.8, 4) is 11.1 Å². The molecule has 0 bridgehead atoms. The SMILES string of the molecule is c1ccc(N2COC(c3ccc(-c4ccc5c(c4)[nH]c4ccccc45)cc3)=N2)cc1. The minimum Gasteiger partial charge on any atom is -0.453 e. The van der Waals surface area contributed by atoms with E-state index < -0.39 is 0 Å². The summed E-state index contributed by atoms with van der Waals surface area (Å²) in [5.41, 5.74) is 6.66. The molecular weight excluding hydrogens is 370 g/mol. The minimum absolute atomic E-state index is 0.429. The Kier molecular flexibility index (Phi) is 3.81. The van der Waals surface area contributed by atoms with Gasteiger partial charge >= 0.3 is 0 Å². The Bertz CT molecular complexity index is 1380. The summed E-state index contributed by atoms with van der Waals surface area (Å²) >= 11 is 0. The van der Waals surface area contributed by atoms with Gasteiger partial charge in [-0.2, -0.15) is 0 Å². The number of hydrogen-bond acceptors (Lipinski definition) is 3. The molecule has 6 rings (SSSR count). The molecule has 1 aromatic heterocycles. The van der Waals surface area contributed by atoms with Gasteiger partial charge in [0.1, 0.15) is 0 Å².